The van der Waals surface area contributed by atoms with Crippen LogP contribution in [0.15, 0.2) is 0 Å². The first-order valence-electron chi connectivity index (χ1n) is 6.91. The smallest absolute Gasteiger partial charge is 0.251 e. The third kappa shape index (κ3) is 1.98. The molecule has 0 saturated carbocycles. The predicted octanol–water partition coefficient (Wildman–Crippen LogP) is -3.38. The summed E-state index contributed by atoms with van der Waals surface area (Å²) in [5.41, 5.74) is -10.3. The minimum absolute atomic E-state index is 0.642. The van der Waals surface area contributed by atoms with Crippen molar-refractivity contribution in [3.05, 3.63) is 0 Å². The topological polar surface area (TPSA) is 179 Å². The summed E-state index contributed by atoms with van der Waals surface area (Å²) in [6.07, 6.45) is -2.10. The Hall–Kier alpha value is -1.56. The second-order valence-electron chi connectivity index (χ2n) is 5.85. The van der Waals surface area contributed by atoms with Crippen LogP contribution in [0.1, 0.15) is 27.7 Å². The van der Waals surface area contributed by atoms with Gasteiger partial charge >= 0.3 is 0 Å². The van der Waals surface area contributed by atoms with Gasteiger partial charge in [0.1, 0.15) is 6.10 Å². The largest absolute Gasteiger partial charge is 0.394 e. The summed E-state index contributed by atoms with van der Waals surface area (Å²) >= 11 is 0. The number of aliphatic hydroxyl groups is 5. The van der Waals surface area contributed by atoms with Crippen molar-refractivity contribution >= 4 is 23.1 Å². The molecule has 0 amide bonds. The summed E-state index contributed by atoms with van der Waals surface area (Å²) in [5.74, 6) is -9.32. The molecule has 0 radical (unpaired) electrons. The van der Waals surface area contributed by atoms with Crippen LogP contribution in [0.3, 0.4) is 0 Å². The van der Waals surface area contributed by atoms with E-state index in [4.69, 9.17) is 4.74 Å². The SMILES string of the molecule is CC(=O)C(O)(C(C)=O)[C@]1(O)O[C@H](CO)[C@](O)(C(C)=O)[C@@]1(O)C(C)=O. The van der Waals surface area contributed by atoms with E-state index in [-0.39, 0.29) is 0 Å². The van der Waals surface area contributed by atoms with E-state index in [1.165, 1.54) is 0 Å². The van der Waals surface area contributed by atoms with Crippen LogP contribution in [0, 0.1) is 0 Å². The van der Waals surface area contributed by atoms with Crippen LogP contribution >= 0.6 is 0 Å². The van der Waals surface area contributed by atoms with Crippen LogP contribution < -0.4 is 0 Å². The Labute approximate surface area is 136 Å². The van der Waals surface area contributed by atoms with E-state index in [9.17, 15) is 44.7 Å². The third-order valence-electron chi connectivity index (χ3n) is 4.54. The third-order valence-corrected chi connectivity index (χ3v) is 4.54. The number of aliphatic hydroxyl groups excluding tert-OH is 1. The monoisotopic (exact) mass is 348 g/mol. The van der Waals surface area contributed by atoms with E-state index in [2.05, 4.69) is 0 Å². The molecule has 5 N–H and O–H groups in total. The molecule has 0 unspecified atom stereocenters. The normalized spacial score (nSPS) is 36.5. The lowest BCUT2D eigenvalue weighted by atomic mass is 9.65. The quantitative estimate of drug-likeness (QED) is 0.304. The molecule has 0 spiro atoms. The van der Waals surface area contributed by atoms with Crippen molar-refractivity contribution in [3.8, 4) is 0 Å². The molecular weight excluding hydrogens is 328 g/mol. The molecule has 1 heterocycles. The molecule has 136 valence electrons. The lowest BCUT2D eigenvalue weighted by molar-refractivity contribution is -0.317. The van der Waals surface area contributed by atoms with E-state index in [0.29, 0.717) is 20.8 Å². The predicted molar refractivity (Wildman–Crippen MR) is 74.5 cm³/mol. The van der Waals surface area contributed by atoms with Crippen molar-refractivity contribution in [1.82, 2.24) is 0 Å². The lowest BCUT2D eigenvalue weighted by Crippen LogP contribution is -2.79. The molecule has 0 aromatic rings. The highest BCUT2D eigenvalue weighted by Crippen LogP contribution is 2.51. The molecule has 24 heavy (non-hydrogen) atoms. The second-order valence-corrected chi connectivity index (χ2v) is 5.85. The van der Waals surface area contributed by atoms with E-state index in [1.807, 2.05) is 0 Å². The summed E-state index contributed by atoms with van der Waals surface area (Å²) < 4.78 is 4.81. The van der Waals surface area contributed by atoms with Crippen molar-refractivity contribution in [1.29, 1.82) is 0 Å². The fourth-order valence-corrected chi connectivity index (χ4v) is 3.10. The Morgan fingerprint density at radius 1 is 0.958 bits per heavy atom. The fourth-order valence-electron chi connectivity index (χ4n) is 3.10. The molecule has 1 rings (SSSR count). The van der Waals surface area contributed by atoms with Gasteiger partial charge in [0.05, 0.1) is 6.61 Å². The standard InChI is InChI=1S/C14H20O10/c1-6(16)11(20,7(2)17)14(23)13(22,9(4)19)12(21,8(3)18)10(5-15)24-14/h10,15,20-23H,5H2,1-4H3/t10-,12-,13+,14+/m1/s1. The first kappa shape index (κ1) is 20.5. The van der Waals surface area contributed by atoms with Gasteiger partial charge in [-0.05, 0) is 27.7 Å². The Kier molecular flexibility index (Phi) is 4.92. The molecule has 4 atom stereocenters. The van der Waals surface area contributed by atoms with Gasteiger partial charge < -0.3 is 30.3 Å². The average molecular weight is 348 g/mol. The number of hydrogen-bond acceptors (Lipinski definition) is 10. The summed E-state index contributed by atoms with van der Waals surface area (Å²) in [6.45, 7) is 1.53. The van der Waals surface area contributed by atoms with Crippen molar-refractivity contribution in [2.45, 2.75) is 56.4 Å². The number of Topliss-reactive ketones (excluding diaryl/α,β-unsaturated/α-hetero) is 4. The van der Waals surface area contributed by atoms with Gasteiger partial charge in [0, 0.05) is 0 Å². The van der Waals surface area contributed by atoms with E-state index in [0.717, 1.165) is 6.92 Å². The summed E-state index contributed by atoms with van der Waals surface area (Å²) in [7, 11) is 0. The Morgan fingerprint density at radius 3 is 1.62 bits per heavy atom. The van der Waals surface area contributed by atoms with Gasteiger partial charge in [-0.25, -0.2) is 0 Å². The van der Waals surface area contributed by atoms with Crippen LogP contribution in [0.4, 0.5) is 0 Å². The molecule has 1 saturated heterocycles. The molecule has 1 fully saturated rings. The number of ether oxygens (including phenoxy) is 1. The van der Waals surface area contributed by atoms with Gasteiger partial charge in [0.25, 0.3) is 5.79 Å². The molecule has 0 bridgehead atoms. The summed E-state index contributed by atoms with van der Waals surface area (Å²) in [5, 5.41) is 51.8. The zero-order valence-corrected chi connectivity index (χ0v) is 13.6. The fraction of sp³-hybridized carbons (Fsp3) is 0.714. The van der Waals surface area contributed by atoms with E-state index in [1.54, 1.807) is 0 Å². The Balaban J connectivity index is 3.94. The van der Waals surface area contributed by atoms with Gasteiger partial charge in [-0.3, -0.25) is 19.2 Å². The van der Waals surface area contributed by atoms with E-state index >= 15 is 0 Å². The van der Waals surface area contributed by atoms with Crippen LogP contribution in [0.5, 0.6) is 0 Å². The van der Waals surface area contributed by atoms with Crippen LogP contribution in [-0.4, -0.2) is 84.0 Å². The maximum absolute atomic E-state index is 12.0. The highest BCUT2D eigenvalue weighted by Gasteiger charge is 2.84. The summed E-state index contributed by atoms with van der Waals surface area (Å²) in [6, 6.07) is 0. The van der Waals surface area contributed by atoms with Crippen LogP contribution in [0.25, 0.3) is 0 Å². The number of ketones is 4. The van der Waals surface area contributed by atoms with E-state index < -0.39 is 58.4 Å². The number of hydrogen-bond donors (Lipinski definition) is 5. The van der Waals surface area contributed by atoms with Crippen molar-refractivity contribution in [2.24, 2.45) is 0 Å². The molecule has 10 heteroatoms. The van der Waals surface area contributed by atoms with Crippen LogP contribution in [0.2, 0.25) is 0 Å². The number of rotatable bonds is 6. The highest BCUT2D eigenvalue weighted by molar-refractivity contribution is 6.12. The molecule has 0 aromatic carbocycles. The Bertz CT molecular complexity index is 599. The molecule has 1 aliphatic rings. The zero-order chi connectivity index (χ0) is 19.3. The van der Waals surface area contributed by atoms with Gasteiger partial charge in [-0.1, -0.05) is 0 Å². The number of carbonyl (C=O) groups excluding carboxylic acids is 4. The van der Waals surface area contributed by atoms with Gasteiger partial charge in [-0.15, -0.1) is 0 Å². The first-order valence-corrected chi connectivity index (χ1v) is 6.91. The Morgan fingerprint density at radius 2 is 1.38 bits per heavy atom. The van der Waals surface area contributed by atoms with Crippen molar-refractivity contribution in [2.75, 3.05) is 6.61 Å². The maximum Gasteiger partial charge on any atom is 0.251 e. The average Bonchev–Trinajstić information content (AvgIpc) is 2.66. The van der Waals surface area contributed by atoms with Crippen molar-refractivity contribution < 1.29 is 49.4 Å². The van der Waals surface area contributed by atoms with Crippen LogP contribution in [-0.2, 0) is 23.9 Å². The molecule has 0 aliphatic carbocycles. The second kappa shape index (κ2) is 5.76. The highest BCUT2D eigenvalue weighted by atomic mass is 16.7. The van der Waals surface area contributed by atoms with Crippen molar-refractivity contribution in [3.63, 3.8) is 0 Å². The molecule has 0 aromatic heterocycles. The minimum Gasteiger partial charge on any atom is -0.394 e. The minimum atomic E-state index is -3.71. The van der Waals surface area contributed by atoms with Gasteiger partial charge in [0.2, 0.25) is 11.2 Å². The number of carbonyl (C=O) groups is 4. The summed E-state index contributed by atoms with van der Waals surface area (Å²) in [4.78, 5) is 47.6. The lowest BCUT2D eigenvalue weighted by Gasteiger charge is -2.45. The molecule has 10 nitrogen and oxygen atoms in total. The zero-order valence-electron chi connectivity index (χ0n) is 13.6. The van der Waals surface area contributed by atoms with Gasteiger partial charge in [0.15, 0.2) is 28.7 Å². The molecule has 1 aliphatic heterocycles. The van der Waals surface area contributed by atoms with Gasteiger partial charge in [-0.2, -0.15) is 0 Å². The molecular formula is C14H20O10. The maximum atomic E-state index is 12.0. The first-order chi connectivity index (χ1) is 10.7.